The van der Waals surface area contributed by atoms with Crippen LogP contribution in [-0.2, 0) is 11.3 Å². The lowest BCUT2D eigenvalue weighted by Crippen LogP contribution is -2.44. The molecule has 0 radical (unpaired) electrons. The number of benzene rings is 3. The number of para-hydroxylation sites is 1. The molecule has 2 atom stereocenters. The summed E-state index contributed by atoms with van der Waals surface area (Å²) in [5.41, 5.74) is 2.54. The molecule has 1 fully saturated rings. The first kappa shape index (κ1) is 21.3. The van der Waals surface area contributed by atoms with E-state index in [-0.39, 0.29) is 11.4 Å². The molecule has 0 amide bonds. The summed E-state index contributed by atoms with van der Waals surface area (Å²) in [5, 5.41) is 0.882. The number of morpholine rings is 1. The zero-order valence-electron chi connectivity index (χ0n) is 17.0. The molecular formula is C25H26ClNO2S. The lowest BCUT2D eigenvalue weighted by molar-refractivity contribution is -0.0319. The van der Waals surface area contributed by atoms with E-state index in [4.69, 9.17) is 21.1 Å². The largest absolute Gasteiger partial charge is 0.496 e. The number of thioether (sulfide) groups is 1. The molecule has 3 aromatic carbocycles. The third-order valence-electron chi connectivity index (χ3n) is 5.29. The Kier molecular flexibility index (Phi) is 7.34. The summed E-state index contributed by atoms with van der Waals surface area (Å²) >= 11 is 7.95. The van der Waals surface area contributed by atoms with Gasteiger partial charge in [-0.15, -0.1) is 11.8 Å². The minimum absolute atomic E-state index is 0.0681. The van der Waals surface area contributed by atoms with Crippen LogP contribution >= 0.6 is 23.4 Å². The van der Waals surface area contributed by atoms with E-state index in [9.17, 15) is 0 Å². The average Bonchev–Trinajstić information content (AvgIpc) is 2.79. The molecular weight excluding hydrogens is 414 g/mol. The molecule has 0 aromatic heterocycles. The molecule has 156 valence electrons. The zero-order chi connectivity index (χ0) is 20.8. The minimum Gasteiger partial charge on any atom is -0.496 e. The van der Waals surface area contributed by atoms with Crippen LogP contribution in [-0.4, -0.2) is 37.8 Å². The van der Waals surface area contributed by atoms with Crippen molar-refractivity contribution in [2.75, 3.05) is 26.8 Å². The quantitative estimate of drug-likeness (QED) is 0.415. The maximum absolute atomic E-state index is 6.30. The van der Waals surface area contributed by atoms with Gasteiger partial charge in [-0.05, 0) is 35.4 Å². The van der Waals surface area contributed by atoms with Gasteiger partial charge in [0.2, 0.25) is 0 Å². The number of rotatable bonds is 7. The highest BCUT2D eigenvalue weighted by atomic mass is 35.5. The molecule has 0 unspecified atom stereocenters. The van der Waals surface area contributed by atoms with Crippen LogP contribution in [0.15, 0.2) is 83.8 Å². The van der Waals surface area contributed by atoms with E-state index in [1.165, 1.54) is 11.1 Å². The van der Waals surface area contributed by atoms with Crippen LogP contribution < -0.4 is 4.74 Å². The first-order valence-electron chi connectivity index (χ1n) is 10.2. The van der Waals surface area contributed by atoms with Gasteiger partial charge in [0.05, 0.1) is 30.0 Å². The molecule has 1 heterocycles. The van der Waals surface area contributed by atoms with Crippen molar-refractivity contribution in [1.82, 2.24) is 4.90 Å². The highest BCUT2D eigenvalue weighted by Crippen LogP contribution is 2.43. The fraction of sp³-hybridized carbons (Fsp3) is 0.280. The van der Waals surface area contributed by atoms with Crippen molar-refractivity contribution < 1.29 is 9.47 Å². The Morgan fingerprint density at radius 3 is 2.53 bits per heavy atom. The van der Waals surface area contributed by atoms with Gasteiger partial charge in [-0.1, -0.05) is 66.2 Å². The van der Waals surface area contributed by atoms with Gasteiger partial charge in [-0.25, -0.2) is 0 Å². The lowest BCUT2D eigenvalue weighted by atomic mass is 10.1. The number of halogens is 1. The highest BCUT2D eigenvalue weighted by molar-refractivity contribution is 7.99. The molecule has 5 heteroatoms. The monoisotopic (exact) mass is 439 g/mol. The van der Waals surface area contributed by atoms with Gasteiger partial charge in [0.25, 0.3) is 0 Å². The van der Waals surface area contributed by atoms with Crippen molar-refractivity contribution in [1.29, 1.82) is 0 Å². The molecule has 3 aromatic rings. The Labute approximate surface area is 188 Å². The number of nitrogens with zero attached hydrogens (tertiary/aromatic N) is 1. The third kappa shape index (κ3) is 5.38. The van der Waals surface area contributed by atoms with E-state index in [0.717, 1.165) is 41.9 Å². The second-order valence-electron chi connectivity index (χ2n) is 7.37. The molecule has 4 rings (SSSR count). The Balaban J connectivity index is 1.57. The van der Waals surface area contributed by atoms with Crippen molar-refractivity contribution >= 4 is 23.4 Å². The number of methoxy groups -OCH3 is 1. The number of hydrogen-bond acceptors (Lipinski definition) is 4. The first-order chi connectivity index (χ1) is 14.7. The van der Waals surface area contributed by atoms with Crippen molar-refractivity contribution in [3.63, 3.8) is 0 Å². The van der Waals surface area contributed by atoms with E-state index >= 15 is 0 Å². The van der Waals surface area contributed by atoms with Gasteiger partial charge >= 0.3 is 0 Å². The average molecular weight is 440 g/mol. The maximum Gasteiger partial charge on any atom is 0.132 e. The van der Waals surface area contributed by atoms with Crippen molar-refractivity contribution in [3.8, 4) is 5.75 Å². The third-order valence-corrected chi connectivity index (χ3v) is 6.96. The van der Waals surface area contributed by atoms with E-state index in [1.54, 1.807) is 18.9 Å². The summed E-state index contributed by atoms with van der Waals surface area (Å²) in [7, 11) is 1.72. The smallest absolute Gasteiger partial charge is 0.132 e. The predicted octanol–water partition coefficient (Wildman–Crippen LogP) is 6.08. The normalized spacial score (nSPS) is 18.1. The highest BCUT2D eigenvalue weighted by Gasteiger charge is 2.31. The second kappa shape index (κ2) is 10.4. The van der Waals surface area contributed by atoms with Gasteiger partial charge in [-0.2, -0.15) is 0 Å². The molecule has 3 nitrogen and oxygen atoms in total. The predicted molar refractivity (Wildman–Crippen MR) is 125 cm³/mol. The molecule has 30 heavy (non-hydrogen) atoms. The van der Waals surface area contributed by atoms with Crippen molar-refractivity contribution in [3.05, 3.63) is 95.0 Å². The molecule has 1 saturated heterocycles. The minimum atomic E-state index is 0.0681. The van der Waals surface area contributed by atoms with Crippen LogP contribution in [0.4, 0.5) is 0 Å². The molecule has 0 bridgehead atoms. The van der Waals surface area contributed by atoms with E-state index < -0.39 is 0 Å². The van der Waals surface area contributed by atoms with Crippen LogP contribution in [0.25, 0.3) is 0 Å². The summed E-state index contributed by atoms with van der Waals surface area (Å²) in [6.07, 6.45) is 0.0681. The van der Waals surface area contributed by atoms with Crippen molar-refractivity contribution in [2.24, 2.45) is 0 Å². The lowest BCUT2D eigenvalue weighted by Gasteiger charge is -2.37. The fourth-order valence-corrected chi connectivity index (χ4v) is 5.20. The first-order valence-corrected chi connectivity index (χ1v) is 11.4. The van der Waals surface area contributed by atoms with E-state index in [1.807, 2.05) is 30.3 Å². The van der Waals surface area contributed by atoms with Crippen LogP contribution in [0.5, 0.6) is 5.75 Å². The fourth-order valence-electron chi connectivity index (χ4n) is 3.76. The van der Waals surface area contributed by atoms with Crippen molar-refractivity contribution in [2.45, 2.75) is 22.8 Å². The zero-order valence-corrected chi connectivity index (χ0v) is 18.6. The number of ether oxygens (including phenoxy) is 2. The topological polar surface area (TPSA) is 21.7 Å². The molecule has 1 aliphatic rings. The van der Waals surface area contributed by atoms with Gasteiger partial charge < -0.3 is 9.47 Å². The van der Waals surface area contributed by atoms with Gasteiger partial charge in [0, 0.05) is 24.7 Å². The SMILES string of the molecule is COc1ccccc1S[C@H](c1ccc(Cl)cc1)[C@H]1CN(Cc2ccccc2)CCO1. The molecule has 0 saturated carbocycles. The van der Waals surface area contributed by atoms with Crippen LogP contribution in [0.2, 0.25) is 5.02 Å². The summed E-state index contributed by atoms with van der Waals surface area (Å²) in [6, 6.07) is 26.9. The summed E-state index contributed by atoms with van der Waals surface area (Å²) in [4.78, 5) is 3.60. The standard InChI is InChI=1S/C25H26ClNO2S/c1-28-22-9-5-6-10-24(22)30-25(20-11-13-21(26)14-12-20)23-18-27(15-16-29-23)17-19-7-3-2-4-8-19/h2-14,23,25H,15-18H2,1H3/t23-,25-/m1/s1. The van der Waals surface area contributed by atoms with Crippen LogP contribution in [0, 0.1) is 0 Å². The second-order valence-corrected chi connectivity index (χ2v) is 8.99. The Hall–Kier alpha value is -1.98. The van der Waals surface area contributed by atoms with Crippen LogP contribution in [0.1, 0.15) is 16.4 Å². The Morgan fingerprint density at radius 1 is 1.03 bits per heavy atom. The summed E-state index contributed by atoms with van der Waals surface area (Å²) < 4.78 is 11.9. The molecule has 0 N–H and O–H groups in total. The Bertz CT molecular complexity index is 935. The van der Waals surface area contributed by atoms with E-state index in [2.05, 4.69) is 53.4 Å². The molecule has 0 spiro atoms. The number of hydrogen-bond donors (Lipinski definition) is 0. The van der Waals surface area contributed by atoms with Gasteiger partial charge in [-0.3, -0.25) is 4.90 Å². The maximum atomic E-state index is 6.30. The molecule has 1 aliphatic heterocycles. The van der Waals surface area contributed by atoms with Gasteiger partial charge in [0.15, 0.2) is 0 Å². The Morgan fingerprint density at radius 2 is 1.77 bits per heavy atom. The summed E-state index contributed by atoms with van der Waals surface area (Å²) in [5.74, 6) is 0.887. The van der Waals surface area contributed by atoms with Gasteiger partial charge in [0.1, 0.15) is 5.75 Å². The van der Waals surface area contributed by atoms with E-state index in [0.29, 0.717) is 0 Å². The molecule has 0 aliphatic carbocycles. The van der Waals surface area contributed by atoms with Crippen LogP contribution in [0.3, 0.4) is 0 Å². The summed E-state index contributed by atoms with van der Waals surface area (Å²) in [6.45, 7) is 3.49.